The van der Waals surface area contributed by atoms with Gasteiger partial charge in [0.2, 0.25) is 0 Å². The Morgan fingerprint density at radius 2 is 2.04 bits per heavy atom. The molecule has 0 bridgehead atoms. The van der Waals surface area contributed by atoms with Gasteiger partial charge < -0.3 is 15.0 Å². The van der Waals surface area contributed by atoms with Crippen molar-refractivity contribution in [3.8, 4) is 0 Å². The van der Waals surface area contributed by atoms with Gasteiger partial charge in [-0.2, -0.15) is 0 Å². The van der Waals surface area contributed by atoms with Crippen molar-refractivity contribution in [3.63, 3.8) is 0 Å². The molecule has 0 unspecified atom stereocenters. The lowest BCUT2D eigenvalue weighted by atomic mass is 10.2. The maximum Gasteiger partial charge on any atom is 0.407 e. The van der Waals surface area contributed by atoms with E-state index in [4.69, 9.17) is 4.74 Å². The van der Waals surface area contributed by atoms with Gasteiger partial charge in [0, 0.05) is 23.6 Å². The molecule has 0 radical (unpaired) electrons. The number of hydrogen-bond acceptors (Lipinski definition) is 4. The molecule has 0 aliphatic rings. The van der Waals surface area contributed by atoms with Crippen LogP contribution in [0.3, 0.4) is 0 Å². The highest BCUT2D eigenvalue weighted by Gasteiger charge is 2.15. The molecule has 0 saturated carbocycles. The summed E-state index contributed by atoms with van der Waals surface area (Å²) in [4.78, 5) is 23.4. The van der Waals surface area contributed by atoms with Crippen LogP contribution in [0.25, 0.3) is 11.2 Å². The van der Waals surface area contributed by atoms with Crippen molar-refractivity contribution < 1.29 is 9.53 Å². The molecule has 6 nitrogen and oxygen atoms in total. The first-order valence-corrected chi connectivity index (χ1v) is 9.10. The number of carbonyl (C=O) groups is 1. The van der Waals surface area contributed by atoms with Gasteiger partial charge in [-0.25, -0.2) is 14.8 Å². The number of aromatic nitrogens is 3. The Kier molecular flexibility index (Phi) is 8.18. The normalized spacial score (nSPS) is 10.9. The molecule has 0 saturated heterocycles. The number of aryl methyl sites for hydroxylation is 1. The Labute approximate surface area is 151 Å². The van der Waals surface area contributed by atoms with E-state index in [1.165, 1.54) is 0 Å². The number of nitrogens with zero attached hydrogens (tertiary/aromatic N) is 2. The highest BCUT2D eigenvalue weighted by molar-refractivity contribution is 9.10. The van der Waals surface area contributed by atoms with Crippen molar-refractivity contribution >= 4 is 33.2 Å². The van der Waals surface area contributed by atoms with E-state index in [9.17, 15) is 4.79 Å². The summed E-state index contributed by atoms with van der Waals surface area (Å²) in [6, 6.07) is 1.96. The summed E-state index contributed by atoms with van der Waals surface area (Å²) in [5.41, 5.74) is 1.20. The molecule has 2 aromatic rings. The van der Waals surface area contributed by atoms with Crippen molar-refractivity contribution in [2.45, 2.75) is 59.5 Å². The first-order valence-electron chi connectivity index (χ1n) is 8.30. The van der Waals surface area contributed by atoms with Gasteiger partial charge in [-0.15, -0.1) is 0 Å². The lowest BCUT2D eigenvalue weighted by Gasteiger charge is -2.19. The molecule has 2 heterocycles. The van der Waals surface area contributed by atoms with Crippen LogP contribution in [0.1, 0.15) is 53.3 Å². The molecule has 0 aliphatic carbocycles. The number of fused-ring (bicyclic) bond motifs is 1. The average molecular weight is 399 g/mol. The van der Waals surface area contributed by atoms with Crippen LogP contribution >= 0.6 is 15.9 Å². The smallest absolute Gasteiger partial charge is 0.407 e. The predicted molar refractivity (Wildman–Crippen MR) is 100 cm³/mol. The van der Waals surface area contributed by atoms with Crippen molar-refractivity contribution in [1.29, 1.82) is 0 Å². The number of rotatable bonds is 5. The summed E-state index contributed by atoms with van der Waals surface area (Å²) in [7, 11) is 0. The monoisotopic (exact) mass is 398 g/mol. The maximum atomic E-state index is 11.5. The van der Waals surface area contributed by atoms with Crippen molar-refractivity contribution in [3.05, 3.63) is 22.6 Å². The third kappa shape index (κ3) is 7.29. The third-order valence-corrected chi connectivity index (χ3v) is 3.30. The molecule has 2 N–H and O–H groups in total. The molecule has 134 valence electrons. The Hall–Kier alpha value is -1.63. The number of unbranched alkanes of at least 4 members (excludes halogenated alkanes) is 1. The molecule has 0 aromatic carbocycles. The molecule has 0 spiro atoms. The van der Waals surface area contributed by atoms with Gasteiger partial charge in [-0.05, 0) is 55.6 Å². The molecular formula is C17H27BrN4O2. The van der Waals surface area contributed by atoms with E-state index in [2.05, 4.69) is 36.2 Å². The number of nitrogens with one attached hydrogen (secondary N) is 2. The number of H-pyrrole nitrogens is 1. The largest absolute Gasteiger partial charge is 0.444 e. The highest BCUT2D eigenvalue weighted by atomic mass is 79.9. The number of hydrogen-bond donors (Lipinski definition) is 2. The summed E-state index contributed by atoms with van der Waals surface area (Å²) in [5.74, 6) is 0.915. The van der Waals surface area contributed by atoms with E-state index in [0.29, 0.717) is 6.54 Å². The fourth-order valence-corrected chi connectivity index (χ4v) is 2.30. The Morgan fingerprint density at radius 3 is 2.71 bits per heavy atom. The summed E-state index contributed by atoms with van der Waals surface area (Å²) in [5, 5.41) is 2.75. The van der Waals surface area contributed by atoms with Crippen LogP contribution in [0.4, 0.5) is 4.79 Å². The number of alkyl carbamates (subject to hydrolysis) is 1. The van der Waals surface area contributed by atoms with Gasteiger partial charge in [-0.3, -0.25) is 0 Å². The van der Waals surface area contributed by atoms with Gasteiger partial charge in [0.15, 0.2) is 5.65 Å². The zero-order valence-corrected chi connectivity index (χ0v) is 16.7. The predicted octanol–water partition coefficient (Wildman–Crippen LogP) is 4.59. The minimum atomic E-state index is -0.459. The second kappa shape index (κ2) is 9.61. The quantitative estimate of drug-likeness (QED) is 0.721. The van der Waals surface area contributed by atoms with Crippen LogP contribution < -0.4 is 5.32 Å². The van der Waals surface area contributed by atoms with Crippen molar-refractivity contribution in [2.75, 3.05) is 6.54 Å². The number of aromatic amines is 1. The van der Waals surface area contributed by atoms with Crippen LogP contribution in [-0.4, -0.2) is 33.2 Å². The molecule has 2 aromatic heterocycles. The number of carbonyl (C=O) groups excluding carboxylic acids is 1. The van der Waals surface area contributed by atoms with Gasteiger partial charge in [-0.1, -0.05) is 13.8 Å². The Balaban J connectivity index is 0.00000139. The standard InChI is InChI=1S/C15H21BrN4O2.C2H6/c1-15(2,3)22-14(21)17-7-5-4-6-12-19-11-8-10(16)9-18-13(11)20-12;1-2/h8-9H,4-7H2,1-3H3,(H,17,21)(H,18,19,20);1-2H3. The molecule has 24 heavy (non-hydrogen) atoms. The number of pyridine rings is 1. The Morgan fingerprint density at radius 1 is 1.33 bits per heavy atom. The average Bonchev–Trinajstić information content (AvgIpc) is 2.89. The van der Waals surface area contributed by atoms with Crippen LogP contribution in [0.2, 0.25) is 0 Å². The summed E-state index contributed by atoms with van der Waals surface area (Å²) in [6.45, 7) is 10.1. The van der Waals surface area contributed by atoms with E-state index in [0.717, 1.165) is 40.7 Å². The number of halogens is 1. The minimum Gasteiger partial charge on any atom is -0.444 e. The second-order valence-corrected chi connectivity index (χ2v) is 7.01. The minimum absolute atomic E-state index is 0.370. The first-order chi connectivity index (χ1) is 11.3. The van der Waals surface area contributed by atoms with E-state index in [-0.39, 0.29) is 6.09 Å². The zero-order valence-electron chi connectivity index (χ0n) is 15.1. The fraction of sp³-hybridized carbons (Fsp3) is 0.588. The van der Waals surface area contributed by atoms with E-state index < -0.39 is 5.60 Å². The number of ether oxygens (including phenoxy) is 1. The van der Waals surface area contributed by atoms with Crippen LogP contribution in [0.5, 0.6) is 0 Å². The molecular weight excluding hydrogens is 372 g/mol. The number of imidazole rings is 1. The first kappa shape index (κ1) is 20.4. The molecule has 0 atom stereocenters. The molecule has 1 amide bonds. The van der Waals surface area contributed by atoms with Crippen molar-refractivity contribution in [2.24, 2.45) is 0 Å². The van der Waals surface area contributed by atoms with Crippen molar-refractivity contribution in [1.82, 2.24) is 20.3 Å². The lowest BCUT2D eigenvalue weighted by Crippen LogP contribution is -2.33. The molecule has 2 rings (SSSR count). The second-order valence-electron chi connectivity index (χ2n) is 6.09. The summed E-state index contributed by atoms with van der Waals surface area (Å²) < 4.78 is 6.10. The number of amides is 1. The van der Waals surface area contributed by atoms with E-state index >= 15 is 0 Å². The summed E-state index contributed by atoms with van der Waals surface area (Å²) >= 11 is 3.39. The van der Waals surface area contributed by atoms with Gasteiger partial charge in [0.05, 0.1) is 5.52 Å². The third-order valence-electron chi connectivity index (χ3n) is 2.86. The zero-order chi connectivity index (χ0) is 18.2. The van der Waals surface area contributed by atoms with E-state index in [1.54, 1.807) is 6.20 Å². The Bertz CT molecular complexity index is 650. The SMILES string of the molecule is CC.CC(C)(C)OC(=O)NCCCCc1nc2ncc(Br)cc2[nH]1. The highest BCUT2D eigenvalue weighted by Crippen LogP contribution is 2.15. The van der Waals surface area contributed by atoms with Crippen LogP contribution in [0.15, 0.2) is 16.7 Å². The van der Waals surface area contributed by atoms with Gasteiger partial charge in [0.25, 0.3) is 0 Å². The topological polar surface area (TPSA) is 79.9 Å². The van der Waals surface area contributed by atoms with Gasteiger partial charge in [0.1, 0.15) is 11.4 Å². The molecule has 7 heteroatoms. The van der Waals surface area contributed by atoms with Crippen LogP contribution in [0, 0.1) is 0 Å². The maximum absolute atomic E-state index is 11.5. The summed E-state index contributed by atoms with van der Waals surface area (Å²) in [6.07, 6.45) is 3.98. The van der Waals surface area contributed by atoms with Gasteiger partial charge >= 0.3 is 6.09 Å². The lowest BCUT2D eigenvalue weighted by molar-refractivity contribution is 0.0527. The van der Waals surface area contributed by atoms with Crippen LogP contribution in [-0.2, 0) is 11.2 Å². The molecule has 0 aliphatic heterocycles. The van der Waals surface area contributed by atoms with E-state index in [1.807, 2.05) is 40.7 Å². The molecule has 0 fully saturated rings. The fourth-order valence-electron chi connectivity index (χ4n) is 1.96.